The van der Waals surface area contributed by atoms with Gasteiger partial charge in [0.25, 0.3) is 5.91 Å². The number of aliphatic hydroxyl groups excluding tert-OH is 1. The predicted molar refractivity (Wildman–Crippen MR) is 182 cm³/mol. The summed E-state index contributed by atoms with van der Waals surface area (Å²) in [4.78, 5) is 29.0. The Labute approximate surface area is 278 Å². The lowest BCUT2D eigenvalue weighted by Crippen LogP contribution is -2.48. The van der Waals surface area contributed by atoms with Crippen LogP contribution in [0, 0.1) is 5.92 Å². The number of hydrogen-bond acceptors (Lipinski definition) is 7. The van der Waals surface area contributed by atoms with Gasteiger partial charge >= 0.3 is 0 Å². The Kier molecular flexibility index (Phi) is 12.9. The molecule has 4 atom stereocenters. The van der Waals surface area contributed by atoms with E-state index in [1.165, 1.54) is 11.4 Å². The number of aliphatic hydroxyl groups is 1. The number of benzene rings is 3. The number of likely N-dealkylation sites (N-methyl/N-ethyl adjacent to an activating group) is 1. The fourth-order valence-electron chi connectivity index (χ4n) is 5.57. The summed E-state index contributed by atoms with van der Waals surface area (Å²) >= 11 is 0. The van der Waals surface area contributed by atoms with Gasteiger partial charge in [-0.25, -0.2) is 8.42 Å². The molecule has 4 rings (SSSR count). The monoisotopic (exact) mass is 665 g/mol. The van der Waals surface area contributed by atoms with Crippen LogP contribution in [0.15, 0.2) is 83.8 Å². The molecule has 1 heterocycles. The molecule has 0 bridgehead atoms. The number of anilines is 1. The van der Waals surface area contributed by atoms with E-state index >= 15 is 0 Å². The summed E-state index contributed by atoms with van der Waals surface area (Å²) in [6.45, 7) is 6.03. The van der Waals surface area contributed by atoms with E-state index in [1.54, 1.807) is 60.4 Å². The fraction of sp³-hybridized carbons (Fsp3) is 0.444. The van der Waals surface area contributed by atoms with Gasteiger partial charge in [0.1, 0.15) is 5.75 Å². The van der Waals surface area contributed by atoms with Gasteiger partial charge in [0.2, 0.25) is 15.9 Å². The summed E-state index contributed by atoms with van der Waals surface area (Å²) < 4.78 is 40.6. The molecule has 2 amide bonds. The van der Waals surface area contributed by atoms with Gasteiger partial charge < -0.3 is 24.8 Å². The van der Waals surface area contributed by atoms with Crippen molar-refractivity contribution in [3.8, 4) is 5.75 Å². The maximum absolute atomic E-state index is 14.3. The number of carbonyl (C=O) groups is 2. The zero-order valence-electron chi connectivity index (χ0n) is 27.7. The van der Waals surface area contributed by atoms with Crippen molar-refractivity contribution in [2.45, 2.75) is 69.6 Å². The van der Waals surface area contributed by atoms with Gasteiger partial charge in [-0.05, 0) is 69.0 Å². The van der Waals surface area contributed by atoms with Crippen LogP contribution >= 0.6 is 0 Å². The number of nitrogens with zero attached hydrogens (tertiary/aromatic N) is 2. The summed E-state index contributed by atoms with van der Waals surface area (Å²) in [5.74, 6) is -0.505. The van der Waals surface area contributed by atoms with E-state index in [4.69, 9.17) is 9.47 Å². The quantitative estimate of drug-likeness (QED) is 0.330. The molecule has 11 heteroatoms. The number of ether oxygens (including phenoxy) is 2. The molecule has 3 aromatic carbocycles. The van der Waals surface area contributed by atoms with Crippen molar-refractivity contribution in [2.75, 3.05) is 38.7 Å². The summed E-state index contributed by atoms with van der Waals surface area (Å²) in [7, 11) is -2.23. The summed E-state index contributed by atoms with van der Waals surface area (Å²) in [6.07, 6.45) is 1.72. The lowest BCUT2D eigenvalue weighted by molar-refractivity contribution is -0.115. The molecule has 0 radical (unpaired) electrons. The van der Waals surface area contributed by atoms with Gasteiger partial charge in [-0.2, -0.15) is 4.31 Å². The van der Waals surface area contributed by atoms with Crippen LogP contribution in [-0.4, -0.2) is 86.1 Å². The maximum Gasteiger partial charge on any atom is 0.258 e. The molecule has 2 N–H and O–H groups in total. The molecule has 254 valence electrons. The number of carbonyl (C=O) groups excluding carboxylic acids is 2. The number of sulfonamides is 1. The van der Waals surface area contributed by atoms with E-state index in [2.05, 4.69) is 5.32 Å². The Morgan fingerprint density at radius 2 is 1.72 bits per heavy atom. The van der Waals surface area contributed by atoms with Crippen molar-refractivity contribution in [3.05, 3.63) is 90.0 Å². The van der Waals surface area contributed by atoms with Crippen LogP contribution in [0.1, 0.15) is 56.0 Å². The lowest BCUT2D eigenvalue weighted by atomic mass is 10.0. The Balaban J connectivity index is 1.63. The van der Waals surface area contributed by atoms with Crippen molar-refractivity contribution in [2.24, 2.45) is 5.92 Å². The van der Waals surface area contributed by atoms with Gasteiger partial charge in [-0.1, -0.05) is 55.5 Å². The van der Waals surface area contributed by atoms with Gasteiger partial charge in [0.05, 0.1) is 41.7 Å². The average molecular weight is 666 g/mol. The van der Waals surface area contributed by atoms with Crippen LogP contribution in [0.2, 0.25) is 0 Å². The first kappa shape index (κ1) is 36.1. The van der Waals surface area contributed by atoms with Crippen LogP contribution in [0.3, 0.4) is 0 Å². The number of amides is 2. The molecule has 1 aliphatic heterocycles. The van der Waals surface area contributed by atoms with Crippen LogP contribution < -0.4 is 10.1 Å². The van der Waals surface area contributed by atoms with E-state index in [0.717, 1.165) is 18.4 Å². The zero-order chi connectivity index (χ0) is 34.0. The van der Waals surface area contributed by atoms with E-state index in [9.17, 15) is 23.1 Å². The average Bonchev–Trinajstić information content (AvgIpc) is 3.06. The third-order valence-corrected chi connectivity index (χ3v) is 10.3. The number of hydrogen-bond donors (Lipinski definition) is 2. The van der Waals surface area contributed by atoms with Crippen molar-refractivity contribution < 1.29 is 32.6 Å². The molecule has 0 aliphatic carbocycles. The molecule has 0 spiro atoms. The zero-order valence-corrected chi connectivity index (χ0v) is 28.5. The predicted octanol–water partition coefficient (Wildman–Crippen LogP) is 4.98. The first-order valence-electron chi connectivity index (χ1n) is 16.2. The molecule has 1 aliphatic rings. The molecular weight excluding hydrogens is 618 g/mol. The minimum Gasteiger partial charge on any atom is -0.490 e. The molecule has 3 aromatic rings. The van der Waals surface area contributed by atoms with E-state index in [0.29, 0.717) is 24.5 Å². The summed E-state index contributed by atoms with van der Waals surface area (Å²) in [5, 5.41) is 13.1. The van der Waals surface area contributed by atoms with E-state index in [-0.39, 0.29) is 60.4 Å². The van der Waals surface area contributed by atoms with Crippen molar-refractivity contribution in [1.82, 2.24) is 9.21 Å². The smallest absolute Gasteiger partial charge is 0.258 e. The van der Waals surface area contributed by atoms with Crippen LogP contribution in [0.4, 0.5) is 5.69 Å². The van der Waals surface area contributed by atoms with Crippen molar-refractivity contribution in [3.63, 3.8) is 0 Å². The van der Waals surface area contributed by atoms with E-state index < -0.39 is 22.2 Å². The molecular formula is C36H47N3O7S. The summed E-state index contributed by atoms with van der Waals surface area (Å²) in [5.41, 5.74) is 1.58. The highest BCUT2D eigenvalue weighted by atomic mass is 32.2. The summed E-state index contributed by atoms with van der Waals surface area (Å²) in [6, 6.07) is 22.1. The second kappa shape index (κ2) is 16.9. The minimum atomic E-state index is -3.77. The largest absolute Gasteiger partial charge is 0.490 e. The third-order valence-electron chi connectivity index (χ3n) is 8.43. The highest BCUT2D eigenvalue weighted by Gasteiger charge is 2.32. The number of fused-ring (bicyclic) bond motifs is 1. The van der Waals surface area contributed by atoms with Crippen LogP contribution in [0.25, 0.3) is 0 Å². The van der Waals surface area contributed by atoms with Gasteiger partial charge in [0, 0.05) is 38.3 Å². The first-order chi connectivity index (χ1) is 22.5. The molecule has 47 heavy (non-hydrogen) atoms. The molecule has 10 nitrogen and oxygen atoms in total. The highest BCUT2D eigenvalue weighted by Crippen LogP contribution is 2.29. The molecule has 0 fully saturated rings. The second-order valence-corrected chi connectivity index (χ2v) is 14.4. The standard InChI is InChI=1S/C36H47N3O7S/c1-26-23-39(27(2)25-40)36(42)32-22-30(37-35(41)21-29-14-7-5-8-15-29)18-19-33(32)46-28(3)13-11-12-20-45-34(26)24-38(4)47(43,44)31-16-9-6-10-17-31/h5-10,14-19,22,26-28,34,40H,11-13,20-21,23-25H2,1-4H3,(H,37,41)/t26-,27+,28+,34-/m0/s1. The highest BCUT2D eigenvalue weighted by molar-refractivity contribution is 7.89. The SMILES string of the molecule is C[C@@H]1CCCCO[C@@H](CN(C)S(=O)(=O)c2ccccc2)[C@@H](C)CN([C@H](C)CO)C(=O)c2cc(NC(=O)Cc3ccccc3)ccc2O1. The lowest BCUT2D eigenvalue weighted by Gasteiger charge is -2.35. The minimum absolute atomic E-state index is 0.0849. The van der Waals surface area contributed by atoms with Gasteiger partial charge in [0.15, 0.2) is 0 Å². The van der Waals surface area contributed by atoms with Crippen molar-refractivity contribution in [1.29, 1.82) is 0 Å². The Bertz CT molecular complexity index is 1570. The Hall–Kier alpha value is -3.77. The molecule has 0 aromatic heterocycles. The van der Waals surface area contributed by atoms with Gasteiger partial charge in [-0.3, -0.25) is 9.59 Å². The van der Waals surface area contributed by atoms with Crippen LogP contribution in [0.5, 0.6) is 5.75 Å². The second-order valence-electron chi connectivity index (χ2n) is 12.3. The Morgan fingerprint density at radius 1 is 1.04 bits per heavy atom. The van der Waals surface area contributed by atoms with E-state index in [1.807, 2.05) is 44.2 Å². The fourth-order valence-corrected chi connectivity index (χ4v) is 6.78. The molecule has 0 unspecified atom stereocenters. The maximum atomic E-state index is 14.3. The van der Waals surface area contributed by atoms with Gasteiger partial charge in [-0.15, -0.1) is 0 Å². The Morgan fingerprint density at radius 3 is 2.40 bits per heavy atom. The molecule has 0 saturated carbocycles. The third kappa shape index (κ3) is 9.87. The van der Waals surface area contributed by atoms with Crippen molar-refractivity contribution >= 4 is 27.5 Å². The molecule has 0 saturated heterocycles. The normalized spacial score (nSPS) is 20.5. The number of rotatable bonds is 9. The topological polar surface area (TPSA) is 125 Å². The first-order valence-corrected chi connectivity index (χ1v) is 17.6. The number of nitrogens with one attached hydrogen (secondary N) is 1. The van der Waals surface area contributed by atoms with Crippen LogP contribution in [-0.2, 0) is 26.0 Å².